The molecule has 1 N–H and O–H groups in total. The molecule has 1 nitrogen and oxygen atoms in total. The molecule has 1 aromatic rings. The summed E-state index contributed by atoms with van der Waals surface area (Å²) in [5, 5.41) is 3.60. The minimum absolute atomic E-state index is 0.612. The predicted octanol–water partition coefficient (Wildman–Crippen LogP) is 4.42. The van der Waals surface area contributed by atoms with Gasteiger partial charge in [0.2, 0.25) is 0 Å². The molecule has 0 aromatic carbocycles. The number of hydrogen-bond acceptors (Lipinski definition) is 2. The molecular formula is C12H20BrNS. The average molecular weight is 290 g/mol. The highest BCUT2D eigenvalue weighted by atomic mass is 79.9. The molecule has 1 heterocycles. The molecule has 0 aliphatic rings. The molecule has 0 aliphatic carbocycles. The maximum absolute atomic E-state index is 3.60. The molecular weight excluding hydrogens is 270 g/mol. The van der Waals surface area contributed by atoms with Gasteiger partial charge < -0.3 is 5.32 Å². The van der Waals surface area contributed by atoms with E-state index >= 15 is 0 Å². The second kappa shape index (κ2) is 6.66. The van der Waals surface area contributed by atoms with Crippen LogP contribution in [0.15, 0.2) is 15.9 Å². The zero-order valence-corrected chi connectivity index (χ0v) is 12.1. The molecule has 0 saturated heterocycles. The fourth-order valence-electron chi connectivity index (χ4n) is 1.87. The van der Waals surface area contributed by atoms with Crippen molar-refractivity contribution in [3.05, 3.63) is 20.8 Å². The van der Waals surface area contributed by atoms with Gasteiger partial charge in [0, 0.05) is 17.5 Å². The Morgan fingerprint density at radius 2 is 2.00 bits per heavy atom. The molecule has 0 fully saturated rings. The third kappa shape index (κ3) is 4.25. The number of halogens is 1. The summed E-state index contributed by atoms with van der Waals surface area (Å²) in [7, 11) is 0. The monoisotopic (exact) mass is 289 g/mol. The molecule has 3 heteroatoms. The lowest BCUT2D eigenvalue weighted by Gasteiger charge is -2.22. The highest BCUT2D eigenvalue weighted by Crippen LogP contribution is 2.22. The predicted molar refractivity (Wildman–Crippen MR) is 72.4 cm³/mol. The molecule has 0 saturated carbocycles. The van der Waals surface area contributed by atoms with Gasteiger partial charge in [-0.25, -0.2) is 0 Å². The smallest absolute Gasteiger partial charge is 0.0701 e. The van der Waals surface area contributed by atoms with Crippen LogP contribution in [-0.2, 0) is 6.54 Å². The van der Waals surface area contributed by atoms with E-state index in [2.05, 4.69) is 54.2 Å². The van der Waals surface area contributed by atoms with Crippen molar-refractivity contribution in [3.8, 4) is 0 Å². The van der Waals surface area contributed by atoms with Crippen LogP contribution in [-0.4, -0.2) is 6.04 Å². The van der Waals surface area contributed by atoms with E-state index in [1.165, 1.54) is 21.5 Å². The Bertz CT molecular complexity index is 281. The van der Waals surface area contributed by atoms with Crippen molar-refractivity contribution in [2.75, 3.05) is 0 Å². The summed E-state index contributed by atoms with van der Waals surface area (Å²) < 4.78 is 1.22. The topological polar surface area (TPSA) is 12.0 Å². The highest BCUT2D eigenvalue weighted by Gasteiger charge is 2.12. The number of rotatable bonds is 6. The maximum Gasteiger partial charge on any atom is 0.0701 e. The van der Waals surface area contributed by atoms with Gasteiger partial charge in [-0.15, -0.1) is 11.3 Å². The lowest BCUT2D eigenvalue weighted by Crippen LogP contribution is -2.32. The van der Waals surface area contributed by atoms with E-state index < -0.39 is 0 Å². The first-order chi connectivity index (χ1) is 7.17. The van der Waals surface area contributed by atoms with Gasteiger partial charge >= 0.3 is 0 Å². The summed E-state index contributed by atoms with van der Waals surface area (Å²) in [6.07, 6.45) is 2.53. The quantitative estimate of drug-likeness (QED) is 0.817. The summed E-state index contributed by atoms with van der Waals surface area (Å²) in [6.45, 7) is 7.83. The number of thiophene rings is 1. The Morgan fingerprint density at radius 3 is 2.47 bits per heavy atom. The summed E-state index contributed by atoms with van der Waals surface area (Å²) in [6, 6.07) is 4.91. The minimum Gasteiger partial charge on any atom is -0.309 e. The van der Waals surface area contributed by atoms with Crippen LogP contribution >= 0.6 is 27.3 Å². The summed E-state index contributed by atoms with van der Waals surface area (Å²) in [4.78, 5) is 1.40. The first-order valence-corrected chi connectivity index (χ1v) is 7.25. The lowest BCUT2D eigenvalue weighted by molar-refractivity contribution is 0.354. The van der Waals surface area contributed by atoms with E-state index in [4.69, 9.17) is 0 Å². The van der Waals surface area contributed by atoms with Crippen LogP contribution in [0.3, 0.4) is 0 Å². The molecule has 0 spiro atoms. The first kappa shape index (κ1) is 13.2. The van der Waals surface area contributed by atoms with E-state index in [1.807, 2.05) is 11.3 Å². The van der Waals surface area contributed by atoms with Crippen molar-refractivity contribution in [3.63, 3.8) is 0 Å². The van der Waals surface area contributed by atoms with E-state index in [0.717, 1.165) is 12.5 Å². The Hall–Kier alpha value is 0.140. The van der Waals surface area contributed by atoms with Gasteiger partial charge in [-0.2, -0.15) is 0 Å². The molecule has 0 aliphatic heterocycles. The summed E-state index contributed by atoms with van der Waals surface area (Å²) >= 11 is 5.30. The van der Waals surface area contributed by atoms with E-state index in [0.29, 0.717) is 6.04 Å². The SMILES string of the molecule is CCC(CC)C(C)NCc1ccc(Br)s1. The molecule has 1 rings (SSSR count). The first-order valence-electron chi connectivity index (χ1n) is 5.65. The van der Waals surface area contributed by atoms with Crippen molar-refractivity contribution in [2.45, 2.75) is 46.2 Å². The molecule has 15 heavy (non-hydrogen) atoms. The second-order valence-corrected chi connectivity index (χ2v) is 6.50. The van der Waals surface area contributed by atoms with Gasteiger partial charge in [0.1, 0.15) is 0 Å². The Kier molecular flexibility index (Phi) is 5.87. The van der Waals surface area contributed by atoms with Gasteiger partial charge in [-0.3, -0.25) is 0 Å². The summed E-state index contributed by atoms with van der Waals surface area (Å²) in [5.74, 6) is 0.799. The fourth-order valence-corrected chi connectivity index (χ4v) is 3.30. The second-order valence-electron chi connectivity index (χ2n) is 3.95. The van der Waals surface area contributed by atoms with Gasteiger partial charge in [-0.05, 0) is 40.9 Å². The van der Waals surface area contributed by atoms with Crippen LogP contribution in [0.1, 0.15) is 38.5 Å². The molecule has 1 aromatic heterocycles. The Labute approximate surface area is 105 Å². The summed E-state index contributed by atoms with van der Waals surface area (Å²) in [5.41, 5.74) is 0. The fraction of sp³-hybridized carbons (Fsp3) is 0.667. The van der Waals surface area contributed by atoms with Gasteiger partial charge in [0.05, 0.1) is 3.79 Å². The lowest BCUT2D eigenvalue weighted by atomic mass is 9.95. The molecule has 1 atom stereocenters. The van der Waals surface area contributed by atoms with Crippen LogP contribution in [0.4, 0.5) is 0 Å². The van der Waals surface area contributed by atoms with Gasteiger partial charge in [0.15, 0.2) is 0 Å². The molecule has 0 radical (unpaired) electrons. The zero-order chi connectivity index (χ0) is 11.3. The van der Waals surface area contributed by atoms with E-state index in [1.54, 1.807) is 0 Å². The van der Waals surface area contributed by atoms with Crippen LogP contribution in [0.2, 0.25) is 0 Å². The third-order valence-electron chi connectivity index (χ3n) is 2.98. The average Bonchev–Trinajstić information content (AvgIpc) is 2.63. The van der Waals surface area contributed by atoms with Crippen LogP contribution in [0, 0.1) is 5.92 Å². The van der Waals surface area contributed by atoms with Crippen molar-refractivity contribution in [1.82, 2.24) is 5.32 Å². The zero-order valence-electron chi connectivity index (χ0n) is 9.72. The van der Waals surface area contributed by atoms with Gasteiger partial charge in [-0.1, -0.05) is 26.7 Å². The Balaban J connectivity index is 2.36. The minimum atomic E-state index is 0.612. The highest BCUT2D eigenvalue weighted by molar-refractivity contribution is 9.11. The van der Waals surface area contributed by atoms with Crippen molar-refractivity contribution in [1.29, 1.82) is 0 Å². The van der Waals surface area contributed by atoms with Crippen LogP contribution in [0.25, 0.3) is 0 Å². The van der Waals surface area contributed by atoms with E-state index in [-0.39, 0.29) is 0 Å². The largest absolute Gasteiger partial charge is 0.309 e. The number of hydrogen-bond donors (Lipinski definition) is 1. The Morgan fingerprint density at radius 1 is 1.33 bits per heavy atom. The van der Waals surface area contributed by atoms with E-state index in [9.17, 15) is 0 Å². The molecule has 86 valence electrons. The van der Waals surface area contributed by atoms with Crippen molar-refractivity contribution in [2.24, 2.45) is 5.92 Å². The molecule has 1 unspecified atom stereocenters. The van der Waals surface area contributed by atoms with Crippen molar-refractivity contribution >= 4 is 27.3 Å². The third-order valence-corrected chi connectivity index (χ3v) is 4.61. The standard InChI is InChI=1S/C12H20BrNS/c1-4-10(5-2)9(3)14-8-11-6-7-12(13)15-11/h6-7,9-10,14H,4-5,8H2,1-3H3. The van der Waals surface area contributed by atoms with Crippen LogP contribution < -0.4 is 5.32 Å². The van der Waals surface area contributed by atoms with Crippen molar-refractivity contribution < 1.29 is 0 Å². The molecule has 0 bridgehead atoms. The number of nitrogens with one attached hydrogen (secondary N) is 1. The normalized spacial score (nSPS) is 13.4. The van der Waals surface area contributed by atoms with Crippen LogP contribution in [0.5, 0.6) is 0 Å². The van der Waals surface area contributed by atoms with Gasteiger partial charge in [0.25, 0.3) is 0 Å². The maximum atomic E-state index is 3.60. The molecule has 0 amide bonds.